The summed E-state index contributed by atoms with van der Waals surface area (Å²) in [6.45, 7) is 8.59. The first kappa shape index (κ1) is 31.1. The second-order valence-electron chi connectivity index (χ2n) is 10.3. The number of unbranched alkanes of at least 4 members (excludes halogenated alkanes) is 13. The van der Waals surface area contributed by atoms with E-state index in [1.165, 1.54) is 77.0 Å². The molecule has 1 aliphatic carbocycles. The lowest BCUT2D eigenvalue weighted by atomic mass is 9.94. The van der Waals surface area contributed by atoms with E-state index in [9.17, 15) is 4.57 Å². The first-order valence-corrected chi connectivity index (χ1v) is 16.3. The predicted octanol–water partition coefficient (Wildman–Crippen LogP) is 9.76. The van der Waals surface area contributed by atoms with Crippen molar-refractivity contribution >= 4 is 7.60 Å². The van der Waals surface area contributed by atoms with Crippen LogP contribution in [0.15, 0.2) is 0 Å². The van der Waals surface area contributed by atoms with Gasteiger partial charge in [-0.1, -0.05) is 124 Å². The molecule has 0 unspecified atom stereocenters. The zero-order valence-electron chi connectivity index (χ0n) is 22.6. The third kappa shape index (κ3) is 13.1. The van der Waals surface area contributed by atoms with Crippen LogP contribution in [0.1, 0.15) is 156 Å². The fourth-order valence-electron chi connectivity index (χ4n) is 4.91. The lowest BCUT2D eigenvalue weighted by Crippen LogP contribution is -2.48. The fraction of sp³-hybridized carbons (Fsp3) is 1.00. The summed E-state index contributed by atoms with van der Waals surface area (Å²) < 4.78 is 26.3. The van der Waals surface area contributed by atoms with E-state index < -0.39 is 12.9 Å². The average molecular weight is 488 g/mol. The summed E-state index contributed by atoms with van der Waals surface area (Å²) in [7, 11) is -3.18. The lowest BCUT2D eigenvalue weighted by molar-refractivity contribution is 0.153. The van der Waals surface area contributed by atoms with E-state index >= 15 is 0 Å². The van der Waals surface area contributed by atoms with Gasteiger partial charge in [-0.15, -0.1) is 0 Å². The van der Waals surface area contributed by atoms with Gasteiger partial charge < -0.3 is 14.4 Å². The van der Waals surface area contributed by atoms with E-state index in [-0.39, 0.29) is 0 Å². The van der Waals surface area contributed by atoms with Gasteiger partial charge in [-0.2, -0.15) is 0 Å². The molecule has 0 radical (unpaired) electrons. The Labute approximate surface area is 207 Å². The molecule has 1 N–H and O–H groups in total. The molecule has 0 amide bonds. The van der Waals surface area contributed by atoms with Crippen molar-refractivity contribution in [2.24, 2.45) is 0 Å². The topological polar surface area (TPSA) is 47.6 Å². The molecule has 0 aromatic carbocycles. The minimum Gasteiger partial charge on any atom is -0.307 e. The van der Waals surface area contributed by atoms with E-state index in [2.05, 4.69) is 26.1 Å². The highest BCUT2D eigenvalue weighted by molar-refractivity contribution is 7.55. The second kappa shape index (κ2) is 20.3. The van der Waals surface area contributed by atoms with E-state index in [0.717, 1.165) is 64.3 Å². The van der Waals surface area contributed by atoms with Crippen molar-refractivity contribution in [2.45, 2.75) is 161 Å². The van der Waals surface area contributed by atoms with Gasteiger partial charge in [0.2, 0.25) is 0 Å². The summed E-state index contributed by atoms with van der Waals surface area (Å²) in [6, 6.07) is 0. The Hall–Kier alpha value is 0.110. The van der Waals surface area contributed by atoms with Gasteiger partial charge in [0, 0.05) is 0 Å². The normalized spacial score (nSPS) is 16.3. The Balaban J connectivity index is 2.37. The molecule has 1 rings (SSSR count). The van der Waals surface area contributed by atoms with Gasteiger partial charge in [-0.05, 0) is 38.6 Å². The van der Waals surface area contributed by atoms with Crippen molar-refractivity contribution in [2.75, 3.05) is 19.8 Å². The van der Waals surface area contributed by atoms with Crippen LogP contribution in [0, 0.1) is 0 Å². The van der Waals surface area contributed by atoms with Crippen molar-refractivity contribution in [3.8, 4) is 0 Å². The van der Waals surface area contributed by atoms with Crippen LogP contribution in [-0.2, 0) is 13.6 Å². The highest BCUT2D eigenvalue weighted by atomic mass is 31.2. The third-order valence-corrected chi connectivity index (χ3v) is 9.91. The smallest absolute Gasteiger partial charge is 0.307 e. The summed E-state index contributed by atoms with van der Waals surface area (Å²) in [6.07, 6.45) is 25.6. The number of rotatable bonds is 23. The molecule has 1 fully saturated rings. The zero-order chi connectivity index (χ0) is 24.1. The maximum absolute atomic E-state index is 14.1. The molecule has 0 aliphatic heterocycles. The molecular formula is C28H58NO3P. The van der Waals surface area contributed by atoms with E-state index in [1.54, 1.807) is 0 Å². The van der Waals surface area contributed by atoms with Gasteiger partial charge in [0.1, 0.15) is 5.28 Å². The minimum absolute atomic E-state index is 0.468. The van der Waals surface area contributed by atoms with E-state index in [1.807, 2.05) is 0 Å². The zero-order valence-corrected chi connectivity index (χ0v) is 23.5. The molecule has 0 aromatic rings. The average Bonchev–Trinajstić information content (AvgIpc) is 2.83. The molecule has 0 bridgehead atoms. The fourth-order valence-corrected chi connectivity index (χ4v) is 7.39. The van der Waals surface area contributed by atoms with Gasteiger partial charge in [0.25, 0.3) is 0 Å². The van der Waals surface area contributed by atoms with Crippen LogP contribution < -0.4 is 5.32 Å². The van der Waals surface area contributed by atoms with Gasteiger partial charge in [0.15, 0.2) is 0 Å². The molecule has 33 heavy (non-hydrogen) atoms. The SMILES string of the molecule is CCCCCCCCCCCCCCNC1(P(=O)(OCCCC)OCCCC)CCCCC1. The Bertz CT molecular complexity index is 466. The standard InChI is InChI=1S/C28H58NO3P/c1-4-7-10-11-12-13-14-15-16-17-18-22-25-29-28(23-20-19-21-24-28)33(30,31-26-8-5-2)32-27-9-6-3/h29H,4-27H2,1-3H3. The minimum atomic E-state index is -3.18. The molecule has 0 aromatic heterocycles. The van der Waals surface area contributed by atoms with Crippen molar-refractivity contribution in [1.82, 2.24) is 5.32 Å². The van der Waals surface area contributed by atoms with E-state index in [4.69, 9.17) is 9.05 Å². The maximum atomic E-state index is 14.1. The van der Waals surface area contributed by atoms with Crippen LogP contribution in [0.25, 0.3) is 0 Å². The van der Waals surface area contributed by atoms with Gasteiger partial charge in [0.05, 0.1) is 13.2 Å². The summed E-state index contributed by atoms with van der Waals surface area (Å²) in [5, 5.41) is 3.28. The van der Waals surface area contributed by atoms with Crippen LogP contribution in [0.3, 0.4) is 0 Å². The Morgan fingerprint density at radius 1 is 0.606 bits per heavy atom. The molecule has 0 heterocycles. The summed E-state index contributed by atoms with van der Waals surface area (Å²) >= 11 is 0. The van der Waals surface area contributed by atoms with Crippen LogP contribution in [0.4, 0.5) is 0 Å². The Morgan fingerprint density at radius 2 is 1.03 bits per heavy atom. The highest BCUT2D eigenvalue weighted by Crippen LogP contribution is 2.63. The van der Waals surface area contributed by atoms with Crippen LogP contribution in [-0.4, -0.2) is 25.0 Å². The van der Waals surface area contributed by atoms with Gasteiger partial charge in [-0.3, -0.25) is 4.57 Å². The number of hydrogen-bond acceptors (Lipinski definition) is 4. The predicted molar refractivity (Wildman–Crippen MR) is 144 cm³/mol. The summed E-state index contributed by atoms with van der Waals surface area (Å²) in [5.74, 6) is 0. The second-order valence-corrected chi connectivity index (χ2v) is 12.6. The Morgan fingerprint density at radius 3 is 1.48 bits per heavy atom. The number of hydrogen-bond donors (Lipinski definition) is 1. The van der Waals surface area contributed by atoms with Crippen molar-refractivity contribution < 1.29 is 13.6 Å². The van der Waals surface area contributed by atoms with E-state index in [0.29, 0.717) is 13.2 Å². The van der Waals surface area contributed by atoms with Crippen molar-refractivity contribution in [1.29, 1.82) is 0 Å². The van der Waals surface area contributed by atoms with Crippen LogP contribution in [0.5, 0.6) is 0 Å². The van der Waals surface area contributed by atoms with Gasteiger partial charge >= 0.3 is 7.60 Å². The molecular weight excluding hydrogens is 429 g/mol. The highest BCUT2D eigenvalue weighted by Gasteiger charge is 2.51. The quantitative estimate of drug-likeness (QED) is 0.115. The molecule has 198 valence electrons. The maximum Gasteiger partial charge on any atom is 0.350 e. The van der Waals surface area contributed by atoms with Crippen LogP contribution >= 0.6 is 7.60 Å². The molecule has 1 saturated carbocycles. The molecule has 5 heteroatoms. The monoisotopic (exact) mass is 487 g/mol. The first-order valence-electron chi connectivity index (χ1n) is 14.8. The largest absolute Gasteiger partial charge is 0.350 e. The third-order valence-electron chi connectivity index (χ3n) is 7.21. The Kier molecular flexibility index (Phi) is 19.2. The van der Waals surface area contributed by atoms with Crippen LogP contribution in [0.2, 0.25) is 0 Å². The first-order chi connectivity index (χ1) is 16.1. The summed E-state index contributed by atoms with van der Waals surface area (Å²) in [5.41, 5.74) is 0. The molecule has 0 spiro atoms. The molecule has 4 nitrogen and oxygen atoms in total. The molecule has 0 atom stereocenters. The van der Waals surface area contributed by atoms with Crippen molar-refractivity contribution in [3.63, 3.8) is 0 Å². The van der Waals surface area contributed by atoms with Crippen molar-refractivity contribution in [3.05, 3.63) is 0 Å². The summed E-state index contributed by atoms with van der Waals surface area (Å²) in [4.78, 5) is 0. The van der Waals surface area contributed by atoms with Gasteiger partial charge in [-0.25, -0.2) is 0 Å². The molecule has 1 aliphatic rings. The lowest BCUT2D eigenvalue weighted by Gasteiger charge is -2.42. The number of nitrogens with one attached hydrogen (secondary N) is 1. The molecule has 0 saturated heterocycles.